The first-order valence-corrected chi connectivity index (χ1v) is 5.25. The third-order valence-electron chi connectivity index (χ3n) is 2.48. The Hall–Kier alpha value is -0.100. The van der Waals surface area contributed by atoms with Crippen molar-refractivity contribution < 1.29 is 9.59 Å². The van der Waals surface area contributed by atoms with E-state index in [4.69, 9.17) is 0 Å². The summed E-state index contributed by atoms with van der Waals surface area (Å²) in [6, 6.07) is -0.388. The molecule has 6 heteroatoms. The molecule has 0 saturated carbocycles. The van der Waals surface area contributed by atoms with Crippen LogP contribution in [0.3, 0.4) is 0 Å². The summed E-state index contributed by atoms with van der Waals surface area (Å²) < 4.78 is 2.23. The molecule has 74 valence electrons. The highest BCUT2D eigenvalue weighted by Gasteiger charge is 2.55. The quantitative estimate of drug-likeness (QED) is 0.550. The maximum absolute atomic E-state index is 11.7. The van der Waals surface area contributed by atoms with E-state index in [0.717, 1.165) is 3.93 Å². The molecule has 3 amide bonds. The third-order valence-corrected chi connectivity index (χ3v) is 4.14. The summed E-state index contributed by atoms with van der Waals surface area (Å²) in [5, 5.41) is 0. The van der Waals surface area contributed by atoms with Crippen molar-refractivity contribution in [3.05, 3.63) is 0 Å². The molecule has 13 heavy (non-hydrogen) atoms. The molecule has 0 spiro atoms. The summed E-state index contributed by atoms with van der Waals surface area (Å²) in [6.45, 7) is 5.52. The fourth-order valence-electron chi connectivity index (χ4n) is 1.12. The van der Waals surface area contributed by atoms with Gasteiger partial charge >= 0.3 is 6.03 Å². The zero-order chi connectivity index (χ0) is 10.4. The summed E-state index contributed by atoms with van der Waals surface area (Å²) in [5.41, 5.74) is -0.805. The van der Waals surface area contributed by atoms with E-state index in [0.29, 0.717) is 0 Å². The van der Waals surface area contributed by atoms with Gasteiger partial charge in [-0.2, -0.15) is 3.93 Å². The van der Waals surface area contributed by atoms with Gasteiger partial charge in [0.05, 0.1) is 32.3 Å². The number of halogens is 2. The van der Waals surface area contributed by atoms with Gasteiger partial charge in [0, 0.05) is 0 Å². The number of rotatable bonds is 1. The zero-order valence-electron chi connectivity index (χ0n) is 7.54. The van der Waals surface area contributed by atoms with Gasteiger partial charge in [0.1, 0.15) is 5.54 Å². The number of urea groups is 1. The van der Waals surface area contributed by atoms with Crippen molar-refractivity contribution in [2.75, 3.05) is 0 Å². The monoisotopic (exact) mass is 312 g/mol. The Morgan fingerprint density at radius 3 is 1.92 bits per heavy atom. The predicted octanol–water partition coefficient (Wildman–Crippen LogP) is 2.29. The number of hydrogen-bond acceptors (Lipinski definition) is 2. The highest BCUT2D eigenvalue weighted by Crippen LogP contribution is 2.37. The van der Waals surface area contributed by atoms with Crippen molar-refractivity contribution in [1.82, 2.24) is 7.85 Å². The molecule has 1 aliphatic heterocycles. The van der Waals surface area contributed by atoms with E-state index in [1.54, 1.807) is 6.92 Å². The summed E-state index contributed by atoms with van der Waals surface area (Å²) in [4.78, 5) is 23.0. The molecule has 0 aromatic rings. The Kier molecular flexibility index (Phi) is 2.73. The Bertz CT molecular complexity index is 269. The van der Waals surface area contributed by atoms with Gasteiger partial charge in [-0.3, -0.25) is 4.79 Å². The Labute approximate surface area is 93.9 Å². The molecule has 0 N–H and O–H groups in total. The second-order valence-corrected chi connectivity index (χ2v) is 4.87. The van der Waals surface area contributed by atoms with Gasteiger partial charge in [-0.15, -0.1) is 0 Å². The highest BCUT2D eigenvalue weighted by molar-refractivity contribution is 9.08. The van der Waals surface area contributed by atoms with Crippen LogP contribution in [0, 0.1) is 5.92 Å². The van der Waals surface area contributed by atoms with Gasteiger partial charge in [0.2, 0.25) is 0 Å². The number of carbonyl (C=O) groups is 2. The lowest BCUT2D eigenvalue weighted by Gasteiger charge is -2.29. The molecular formula is C7H10Br2N2O2. The van der Waals surface area contributed by atoms with Crippen LogP contribution < -0.4 is 0 Å². The van der Waals surface area contributed by atoms with E-state index in [2.05, 4.69) is 32.3 Å². The topological polar surface area (TPSA) is 40.6 Å². The zero-order valence-corrected chi connectivity index (χ0v) is 10.7. The van der Waals surface area contributed by atoms with Crippen molar-refractivity contribution >= 4 is 44.2 Å². The summed E-state index contributed by atoms with van der Waals surface area (Å²) in [7, 11) is 0. The van der Waals surface area contributed by atoms with Crippen LogP contribution in [0.5, 0.6) is 0 Å². The van der Waals surface area contributed by atoms with Gasteiger partial charge in [-0.25, -0.2) is 8.72 Å². The largest absolute Gasteiger partial charge is 0.348 e. The molecule has 0 unspecified atom stereocenters. The molecule has 1 atom stereocenters. The fourth-order valence-corrected chi connectivity index (χ4v) is 2.57. The molecule has 4 nitrogen and oxygen atoms in total. The van der Waals surface area contributed by atoms with E-state index in [-0.39, 0.29) is 17.9 Å². The van der Waals surface area contributed by atoms with Crippen LogP contribution in [0.25, 0.3) is 0 Å². The molecule has 0 aromatic heterocycles. The first kappa shape index (κ1) is 11.0. The van der Waals surface area contributed by atoms with Crippen molar-refractivity contribution in [2.45, 2.75) is 26.3 Å². The van der Waals surface area contributed by atoms with Gasteiger partial charge < -0.3 is 0 Å². The second-order valence-electron chi connectivity index (χ2n) is 3.45. The van der Waals surface area contributed by atoms with Gasteiger partial charge in [-0.1, -0.05) is 13.8 Å². The molecule has 1 rings (SSSR count). The molecule has 0 radical (unpaired) electrons. The molecule has 1 saturated heterocycles. The number of nitrogens with zero attached hydrogens (tertiary/aromatic N) is 2. The number of carbonyl (C=O) groups excluding carboxylic acids is 2. The molecule has 1 heterocycles. The summed E-state index contributed by atoms with van der Waals surface area (Å²) in [5.74, 6) is -0.199. The fraction of sp³-hybridized carbons (Fsp3) is 0.714. The molecule has 0 aromatic carbocycles. The van der Waals surface area contributed by atoms with Crippen LogP contribution >= 0.6 is 32.3 Å². The third kappa shape index (κ3) is 1.30. The predicted molar refractivity (Wildman–Crippen MR) is 55.2 cm³/mol. The lowest BCUT2D eigenvalue weighted by molar-refractivity contribution is -0.129. The van der Waals surface area contributed by atoms with Gasteiger partial charge in [-0.05, 0) is 12.8 Å². The van der Waals surface area contributed by atoms with Crippen molar-refractivity contribution in [1.29, 1.82) is 0 Å². The lowest BCUT2D eigenvalue weighted by Crippen LogP contribution is -2.46. The van der Waals surface area contributed by atoms with E-state index >= 15 is 0 Å². The Balaban J connectivity index is 3.13. The molecule has 0 aliphatic carbocycles. The number of hydrogen-bond donors (Lipinski definition) is 0. The SMILES string of the molecule is CC(C)[C@@]1(C)C(=O)N(Br)C(=O)N1Br. The minimum atomic E-state index is -0.805. The Morgan fingerprint density at radius 1 is 1.31 bits per heavy atom. The van der Waals surface area contributed by atoms with E-state index in [1.807, 2.05) is 13.8 Å². The minimum absolute atomic E-state index is 0.0471. The van der Waals surface area contributed by atoms with E-state index in [1.165, 1.54) is 3.93 Å². The summed E-state index contributed by atoms with van der Waals surface area (Å²) in [6.07, 6.45) is 0. The van der Waals surface area contributed by atoms with Gasteiger partial charge in [0.15, 0.2) is 0 Å². The molecular weight excluding hydrogens is 304 g/mol. The van der Waals surface area contributed by atoms with Gasteiger partial charge in [0.25, 0.3) is 5.91 Å². The van der Waals surface area contributed by atoms with Crippen LogP contribution in [0.4, 0.5) is 4.79 Å². The van der Waals surface area contributed by atoms with Crippen LogP contribution in [0.2, 0.25) is 0 Å². The normalized spacial score (nSPS) is 29.4. The van der Waals surface area contributed by atoms with Crippen LogP contribution in [0.1, 0.15) is 20.8 Å². The standard InChI is InChI=1S/C7H10Br2N2O2/c1-4(2)7(3)5(12)10(8)6(13)11(7)9/h4H,1-3H3/t7-/m0/s1. The second kappa shape index (κ2) is 3.24. The van der Waals surface area contributed by atoms with Crippen LogP contribution in [0.15, 0.2) is 0 Å². The first-order chi connectivity index (χ1) is 5.83. The average molecular weight is 314 g/mol. The Morgan fingerprint density at radius 2 is 1.77 bits per heavy atom. The number of imide groups is 1. The molecule has 1 fully saturated rings. The van der Waals surface area contributed by atoms with Crippen LogP contribution in [-0.4, -0.2) is 25.3 Å². The smallest absolute Gasteiger partial charge is 0.271 e. The van der Waals surface area contributed by atoms with Crippen LogP contribution in [-0.2, 0) is 4.79 Å². The van der Waals surface area contributed by atoms with E-state index in [9.17, 15) is 9.59 Å². The lowest BCUT2D eigenvalue weighted by atomic mass is 9.89. The highest BCUT2D eigenvalue weighted by atomic mass is 79.9. The van der Waals surface area contributed by atoms with E-state index < -0.39 is 5.54 Å². The average Bonchev–Trinajstić information content (AvgIpc) is 2.22. The summed E-state index contributed by atoms with van der Waals surface area (Å²) >= 11 is 6.01. The first-order valence-electron chi connectivity index (χ1n) is 3.83. The molecule has 0 bridgehead atoms. The molecule has 1 aliphatic rings. The maximum atomic E-state index is 11.7. The van der Waals surface area contributed by atoms with Crippen molar-refractivity contribution in [2.24, 2.45) is 5.92 Å². The number of amides is 3. The minimum Gasteiger partial charge on any atom is -0.271 e. The van der Waals surface area contributed by atoms with Crippen molar-refractivity contribution in [3.63, 3.8) is 0 Å². The maximum Gasteiger partial charge on any atom is 0.348 e. The van der Waals surface area contributed by atoms with Crippen molar-refractivity contribution in [3.8, 4) is 0 Å².